The van der Waals surface area contributed by atoms with E-state index in [4.69, 9.17) is 4.74 Å². The van der Waals surface area contributed by atoms with E-state index in [1.54, 1.807) is 35.0 Å². The predicted octanol–water partition coefficient (Wildman–Crippen LogP) is 2.52. The number of hydrogen-bond donors (Lipinski definition) is 1. The van der Waals surface area contributed by atoms with Crippen molar-refractivity contribution in [2.45, 2.75) is 13.0 Å². The summed E-state index contributed by atoms with van der Waals surface area (Å²) >= 11 is 0. The number of benzene rings is 1. The van der Waals surface area contributed by atoms with Crippen LogP contribution in [0.1, 0.15) is 17.4 Å². The molecule has 0 spiro atoms. The lowest BCUT2D eigenvalue weighted by molar-refractivity contribution is -0.123. The minimum absolute atomic E-state index is 0.163. The molecule has 0 aliphatic carbocycles. The number of nitrogens with one attached hydrogen (secondary N) is 1. The van der Waals surface area contributed by atoms with Crippen LogP contribution in [-0.2, 0) is 9.53 Å². The minimum atomic E-state index is -0.924. The number of carbonyl (C=O) groups is 2. The van der Waals surface area contributed by atoms with E-state index in [0.29, 0.717) is 11.3 Å². The maximum atomic E-state index is 12.1. The van der Waals surface area contributed by atoms with Gasteiger partial charge in [-0.3, -0.25) is 4.79 Å². The van der Waals surface area contributed by atoms with Crippen molar-refractivity contribution in [1.29, 1.82) is 0 Å². The molecule has 0 aliphatic rings. The van der Waals surface area contributed by atoms with Crippen molar-refractivity contribution in [3.63, 3.8) is 0 Å². The number of carbonyl (C=O) groups excluding carboxylic acids is 2. The zero-order valence-corrected chi connectivity index (χ0v) is 12.5. The highest BCUT2D eigenvalue weighted by Gasteiger charge is 2.20. The van der Waals surface area contributed by atoms with Crippen LogP contribution in [0.15, 0.2) is 60.9 Å². The van der Waals surface area contributed by atoms with Crippen molar-refractivity contribution in [2.75, 3.05) is 5.32 Å². The Labute approximate surface area is 132 Å². The predicted molar refractivity (Wildman–Crippen MR) is 85.1 cm³/mol. The Kier molecular flexibility index (Phi) is 4.05. The summed E-state index contributed by atoms with van der Waals surface area (Å²) < 4.78 is 6.89. The van der Waals surface area contributed by atoms with Crippen molar-refractivity contribution in [3.05, 3.63) is 66.6 Å². The van der Waals surface area contributed by atoms with Gasteiger partial charge in [0.05, 0.1) is 0 Å². The van der Waals surface area contributed by atoms with Gasteiger partial charge in [0.1, 0.15) is 5.65 Å². The second kappa shape index (κ2) is 6.31. The molecule has 116 valence electrons. The molecule has 6 heteroatoms. The number of amides is 1. The highest BCUT2D eigenvalue weighted by molar-refractivity contribution is 5.96. The number of pyridine rings is 1. The number of para-hydroxylation sites is 1. The van der Waals surface area contributed by atoms with E-state index in [-0.39, 0.29) is 5.69 Å². The first-order valence-corrected chi connectivity index (χ1v) is 7.14. The molecule has 1 N–H and O–H groups in total. The van der Waals surface area contributed by atoms with Crippen molar-refractivity contribution in [1.82, 2.24) is 9.38 Å². The third kappa shape index (κ3) is 3.37. The zero-order valence-electron chi connectivity index (χ0n) is 12.5. The fraction of sp³-hybridized carbons (Fsp3) is 0.118. The Morgan fingerprint density at radius 2 is 1.87 bits per heavy atom. The van der Waals surface area contributed by atoms with Crippen molar-refractivity contribution in [3.8, 4) is 0 Å². The van der Waals surface area contributed by atoms with Crippen molar-refractivity contribution >= 4 is 23.2 Å². The first kappa shape index (κ1) is 14.8. The molecule has 3 aromatic rings. The molecule has 0 unspecified atom stereocenters. The van der Waals surface area contributed by atoms with E-state index in [9.17, 15) is 9.59 Å². The Balaban J connectivity index is 1.65. The molecular weight excluding hydrogens is 294 g/mol. The fourth-order valence-corrected chi connectivity index (χ4v) is 2.07. The molecule has 0 radical (unpaired) electrons. The number of imidazole rings is 1. The van der Waals surface area contributed by atoms with Gasteiger partial charge < -0.3 is 14.5 Å². The average molecular weight is 309 g/mol. The molecule has 6 nitrogen and oxygen atoms in total. The number of anilines is 1. The zero-order chi connectivity index (χ0) is 16.2. The summed E-state index contributed by atoms with van der Waals surface area (Å²) in [7, 11) is 0. The largest absolute Gasteiger partial charge is 0.448 e. The van der Waals surface area contributed by atoms with E-state index in [1.165, 1.54) is 6.92 Å². The SMILES string of the molecule is C[C@H](OC(=O)c1cn2ccccc2n1)C(=O)Nc1ccccc1. The lowest BCUT2D eigenvalue weighted by Crippen LogP contribution is -2.30. The number of fused-ring (bicyclic) bond motifs is 1. The third-order valence-corrected chi connectivity index (χ3v) is 3.27. The molecule has 1 amide bonds. The van der Waals surface area contributed by atoms with Crippen molar-refractivity contribution < 1.29 is 14.3 Å². The summed E-state index contributed by atoms with van der Waals surface area (Å²) in [5, 5.41) is 2.68. The Morgan fingerprint density at radius 1 is 1.13 bits per heavy atom. The second-order valence-electron chi connectivity index (χ2n) is 5.00. The van der Waals surface area contributed by atoms with Crippen LogP contribution < -0.4 is 5.32 Å². The molecular formula is C17H15N3O3. The van der Waals surface area contributed by atoms with E-state index in [1.807, 2.05) is 30.3 Å². The molecule has 0 aliphatic heterocycles. The van der Waals surface area contributed by atoms with Crippen LogP contribution in [0.25, 0.3) is 5.65 Å². The Bertz CT molecular complexity index is 809. The quantitative estimate of drug-likeness (QED) is 0.752. The number of ether oxygens (including phenoxy) is 1. The third-order valence-electron chi connectivity index (χ3n) is 3.27. The van der Waals surface area contributed by atoms with Gasteiger partial charge >= 0.3 is 5.97 Å². The first-order valence-electron chi connectivity index (χ1n) is 7.14. The van der Waals surface area contributed by atoms with Crippen LogP contribution in [0.3, 0.4) is 0 Å². The van der Waals surface area contributed by atoms with E-state index < -0.39 is 18.0 Å². The van der Waals surface area contributed by atoms with Crippen LogP contribution in [0.5, 0.6) is 0 Å². The van der Waals surface area contributed by atoms with Crippen LogP contribution in [0.4, 0.5) is 5.69 Å². The Hall–Kier alpha value is -3.15. The van der Waals surface area contributed by atoms with E-state index in [2.05, 4.69) is 10.3 Å². The normalized spacial score (nSPS) is 11.9. The highest BCUT2D eigenvalue weighted by atomic mass is 16.5. The standard InChI is InChI=1S/C17H15N3O3/c1-12(16(21)18-13-7-3-2-4-8-13)23-17(22)14-11-20-10-6-5-9-15(20)19-14/h2-12H,1H3,(H,18,21)/t12-/m0/s1. The fourth-order valence-electron chi connectivity index (χ4n) is 2.07. The molecule has 0 saturated heterocycles. The monoisotopic (exact) mass is 309 g/mol. The number of aromatic nitrogens is 2. The van der Waals surface area contributed by atoms with Gasteiger partial charge in [-0.15, -0.1) is 0 Å². The number of hydrogen-bond acceptors (Lipinski definition) is 4. The average Bonchev–Trinajstić information content (AvgIpc) is 3.00. The number of esters is 1. The first-order chi connectivity index (χ1) is 11.1. The smallest absolute Gasteiger partial charge is 0.359 e. The molecule has 0 fully saturated rings. The van der Waals surface area contributed by atoms with Crippen LogP contribution in [-0.4, -0.2) is 27.4 Å². The molecule has 1 atom stereocenters. The molecule has 0 bridgehead atoms. The molecule has 2 aromatic heterocycles. The van der Waals surface area contributed by atoms with Crippen molar-refractivity contribution in [2.24, 2.45) is 0 Å². The maximum absolute atomic E-state index is 12.1. The second-order valence-corrected chi connectivity index (χ2v) is 5.00. The van der Waals surface area contributed by atoms with Gasteiger partial charge in [-0.2, -0.15) is 0 Å². The molecule has 1 aromatic carbocycles. The molecule has 2 heterocycles. The topological polar surface area (TPSA) is 72.7 Å². The van der Waals surface area contributed by atoms with Gasteiger partial charge in [0.2, 0.25) is 0 Å². The lowest BCUT2D eigenvalue weighted by atomic mass is 10.3. The summed E-state index contributed by atoms with van der Waals surface area (Å²) in [5.74, 6) is -1.03. The summed E-state index contributed by atoms with van der Waals surface area (Å²) in [6.45, 7) is 1.52. The lowest BCUT2D eigenvalue weighted by Gasteiger charge is -2.12. The molecule has 3 rings (SSSR count). The van der Waals surface area contributed by atoms with Gasteiger partial charge in [-0.05, 0) is 31.2 Å². The summed E-state index contributed by atoms with van der Waals surface area (Å²) in [6.07, 6.45) is 2.43. The number of rotatable bonds is 4. The van der Waals surface area contributed by atoms with Gasteiger partial charge in [0.15, 0.2) is 11.8 Å². The van der Waals surface area contributed by atoms with Crippen LogP contribution in [0, 0.1) is 0 Å². The number of nitrogens with zero attached hydrogens (tertiary/aromatic N) is 2. The summed E-state index contributed by atoms with van der Waals surface area (Å²) in [4.78, 5) is 28.3. The molecule has 0 saturated carbocycles. The minimum Gasteiger partial charge on any atom is -0.448 e. The van der Waals surface area contributed by atoms with Gasteiger partial charge in [-0.1, -0.05) is 24.3 Å². The van der Waals surface area contributed by atoms with Gasteiger partial charge in [0, 0.05) is 18.1 Å². The summed E-state index contributed by atoms with van der Waals surface area (Å²) in [5.41, 5.74) is 1.45. The van der Waals surface area contributed by atoms with E-state index >= 15 is 0 Å². The van der Waals surface area contributed by atoms with Crippen LogP contribution in [0.2, 0.25) is 0 Å². The van der Waals surface area contributed by atoms with Gasteiger partial charge in [0.25, 0.3) is 5.91 Å². The Morgan fingerprint density at radius 3 is 2.61 bits per heavy atom. The highest BCUT2D eigenvalue weighted by Crippen LogP contribution is 2.09. The van der Waals surface area contributed by atoms with Crippen LogP contribution >= 0.6 is 0 Å². The van der Waals surface area contributed by atoms with Gasteiger partial charge in [-0.25, -0.2) is 9.78 Å². The molecule has 23 heavy (non-hydrogen) atoms. The van der Waals surface area contributed by atoms with E-state index in [0.717, 1.165) is 0 Å². The maximum Gasteiger partial charge on any atom is 0.359 e. The summed E-state index contributed by atoms with van der Waals surface area (Å²) in [6, 6.07) is 14.4.